The maximum Gasteiger partial charge on any atom is 0.253 e. The van der Waals surface area contributed by atoms with E-state index in [2.05, 4.69) is 20.2 Å². The first-order valence-corrected chi connectivity index (χ1v) is 8.67. The van der Waals surface area contributed by atoms with Crippen molar-refractivity contribution in [1.29, 1.82) is 0 Å². The minimum absolute atomic E-state index is 0.0550. The van der Waals surface area contributed by atoms with Crippen molar-refractivity contribution in [3.05, 3.63) is 60.2 Å². The number of nitrogens with two attached hydrogens (primary N) is 1. The average Bonchev–Trinajstić information content (AvgIpc) is 3.23. The van der Waals surface area contributed by atoms with E-state index in [0.717, 1.165) is 30.6 Å². The van der Waals surface area contributed by atoms with E-state index in [1.54, 1.807) is 12.4 Å². The van der Waals surface area contributed by atoms with E-state index in [0.29, 0.717) is 29.5 Å². The number of H-pyrrole nitrogens is 1. The van der Waals surface area contributed by atoms with Crippen molar-refractivity contribution in [2.24, 2.45) is 0 Å². The summed E-state index contributed by atoms with van der Waals surface area (Å²) in [5, 5.41) is 7.05. The Morgan fingerprint density at radius 1 is 1.19 bits per heavy atom. The maximum absolute atomic E-state index is 12.9. The number of benzene rings is 1. The zero-order valence-electron chi connectivity index (χ0n) is 14.3. The Balaban J connectivity index is 1.49. The minimum Gasteiger partial charge on any atom is -0.382 e. The predicted molar refractivity (Wildman–Crippen MR) is 98.3 cm³/mol. The third-order valence-electron chi connectivity index (χ3n) is 4.75. The summed E-state index contributed by atoms with van der Waals surface area (Å²) >= 11 is 0. The van der Waals surface area contributed by atoms with Gasteiger partial charge < -0.3 is 10.6 Å². The van der Waals surface area contributed by atoms with Gasteiger partial charge in [-0.25, -0.2) is 4.98 Å². The van der Waals surface area contributed by atoms with Gasteiger partial charge in [-0.2, -0.15) is 5.10 Å². The molecule has 2 aromatic heterocycles. The first-order chi connectivity index (χ1) is 12.7. The van der Waals surface area contributed by atoms with Gasteiger partial charge in [-0.15, -0.1) is 0 Å². The van der Waals surface area contributed by atoms with Gasteiger partial charge in [-0.1, -0.05) is 12.1 Å². The Morgan fingerprint density at radius 2 is 2.04 bits per heavy atom. The summed E-state index contributed by atoms with van der Waals surface area (Å²) in [6.07, 6.45) is 6.99. The Hall–Kier alpha value is -3.22. The van der Waals surface area contributed by atoms with E-state index in [-0.39, 0.29) is 5.91 Å². The molecule has 3 aromatic rings. The van der Waals surface area contributed by atoms with Gasteiger partial charge in [-0.05, 0) is 31.0 Å². The van der Waals surface area contributed by atoms with Gasteiger partial charge in [-0.3, -0.25) is 14.9 Å². The van der Waals surface area contributed by atoms with Crippen molar-refractivity contribution in [2.45, 2.75) is 18.8 Å². The van der Waals surface area contributed by atoms with Crippen LogP contribution in [0.4, 0.5) is 5.82 Å². The number of carbonyl (C=O) groups is 1. The summed E-state index contributed by atoms with van der Waals surface area (Å²) in [6, 6.07) is 9.42. The number of nitrogen functional groups attached to an aromatic ring is 1. The van der Waals surface area contributed by atoms with Gasteiger partial charge in [0, 0.05) is 42.0 Å². The summed E-state index contributed by atoms with van der Waals surface area (Å²) in [7, 11) is 0. The van der Waals surface area contributed by atoms with E-state index < -0.39 is 0 Å². The van der Waals surface area contributed by atoms with Gasteiger partial charge in [0.1, 0.15) is 5.82 Å². The molecule has 132 valence electrons. The number of carbonyl (C=O) groups excluding carboxylic acids is 1. The third-order valence-corrected chi connectivity index (χ3v) is 4.75. The fourth-order valence-corrected chi connectivity index (χ4v) is 3.40. The molecule has 1 fully saturated rings. The molecule has 0 radical (unpaired) electrons. The van der Waals surface area contributed by atoms with Crippen molar-refractivity contribution in [3.8, 4) is 11.3 Å². The summed E-state index contributed by atoms with van der Waals surface area (Å²) < 4.78 is 0. The van der Waals surface area contributed by atoms with Crippen LogP contribution in [0.2, 0.25) is 0 Å². The molecule has 1 amide bonds. The van der Waals surface area contributed by atoms with E-state index in [1.807, 2.05) is 35.2 Å². The molecule has 0 aliphatic carbocycles. The lowest BCUT2D eigenvalue weighted by atomic mass is 9.94. The van der Waals surface area contributed by atoms with E-state index in [1.165, 1.54) is 6.20 Å². The first kappa shape index (κ1) is 16.3. The number of anilines is 1. The lowest BCUT2D eigenvalue weighted by Gasteiger charge is -2.32. The minimum atomic E-state index is 0.0550. The quantitative estimate of drug-likeness (QED) is 0.757. The molecule has 1 unspecified atom stereocenters. The van der Waals surface area contributed by atoms with Crippen LogP contribution >= 0.6 is 0 Å². The molecule has 3 heterocycles. The molecule has 1 atom stereocenters. The Morgan fingerprint density at radius 3 is 2.77 bits per heavy atom. The summed E-state index contributed by atoms with van der Waals surface area (Å²) in [4.78, 5) is 23.1. The summed E-state index contributed by atoms with van der Waals surface area (Å²) in [6.45, 7) is 1.50. The number of nitrogens with one attached hydrogen (secondary N) is 1. The number of nitrogens with zero attached hydrogens (tertiary/aromatic N) is 4. The summed E-state index contributed by atoms with van der Waals surface area (Å²) in [5.41, 5.74) is 9.04. The topological polar surface area (TPSA) is 101 Å². The highest BCUT2D eigenvalue weighted by molar-refractivity contribution is 5.94. The molecular weight excluding hydrogens is 328 g/mol. The van der Waals surface area contributed by atoms with Crippen molar-refractivity contribution < 1.29 is 4.79 Å². The molecule has 1 aliphatic rings. The maximum atomic E-state index is 12.9. The van der Waals surface area contributed by atoms with Crippen molar-refractivity contribution in [2.75, 3.05) is 18.8 Å². The van der Waals surface area contributed by atoms with Gasteiger partial charge in [0.2, 0.25) is 0 Å². The van der Waals surface area contributed by atoms with E-state index in [4.69, 9.17) is 5.73 Å². The molecule has 7 heteroatoms. The van der Waals surface area contributed by atoms with Crippen LogP contribution < -0.4 is 5.73 Å². The Kier molecular flexibility index (Phi) is 4.35. The molecular formula is C19H20N6O. The normalized spacial score (nSPS) is 17.2. The highest BCUT2D eigenvalue weighted by atomic mass is 16.2. The van der Waals surface area contributed by atoms with Gasteiger partial charge in [0.25, 0.3) is 5.91 Å². The van der Waals surface area contributed by atoms with Gasteiger partial charge >= 0.3 is 0 Å². The van der Waals surface area contributed by atoms with Gasteiger partial charge in [0.05, 0.1) is 18.1 Å². The molecule has 1 aliphatic heterocycles. The van der Waals surface area contributed by atoms with Crippen LogP contribution in [0, 0.1) is 0 Å². The number of amides is 1. The third kappa shape index (κ3) is 3.28. The van der Waals surface area contributed by atoms with Crippen LogP contribution in [0.3, 0.4) is 0 Å². The highest BCUT2D eigenvalue weighted by Crippen LogP contribution is 2.26. The molecule has 26 heavy (non-hydrogen) atoms. The number of hydrogen-bond donors (Lipinski definition) is 2. The van der Waals surface area contributed by atoms with E-state index in [9.17, 15) is 4.79 Å². The first-order valence-electron chi connectivity index (χ1n) is 8.67. The smallest absolute Gasteiger partial charge is 0.253 e. The number of piperidine rings is 1. The Bertz CT molecular complexity index is 891. The SMILES string of the molecule is Nc1cncc(-c2ccc(C(=O)N3CCCC(c4ccn[nH]4)C3)cc2)n1. The molecule has 0 bridgehead atoms. The molecule has 0 saturated carbocycles. The largest absolute Gasteiger partial charge is 0.382 e. The molecule has 0 spiro atoms. The second-order valence-electron chi connectivity index (χ2n) is 6.51. The fourth-order valence-electron chi connectivity index (χ4n) is 3.40. The number of likely N-dealkylation sites (tertiary alicyclic amines) is 1. The average molecular weight is 348 g/mol. The van der Waals surface area contributed by atoms with Crippen molar-refractivity contribution >= 4 is 11.7 Å². The second kappa shape index (κ2) is 6.95. The van der Waals surface area contributed by atoms with Crippen LogP contribution in [0.15, 0.2) is 48.9 Å². The zero-order chi connectivity index (χ0) is 17.9. The molecule has 4 rings (SSSR count). The molecule has 1 aromatic carbocycles. The number of aromatic amines is 1. The van der Waals surface area contributed by atoms with Crippen molar-refractivity contribution in [1.82, 2.24) is 25.1 Å². The Labute approximate surface area is 151 Å². The number of rotatable bonds is 3. The second-order valence-corrected chi connectivity index (χ2v) is 6.51. The molecule has 3 N–H and O–H groups in total. The van der Waals surface area contributed by atoms with Crippen LogP contribution in [0.1, 0.15) is 34.8 Å². The standard InChI is InChI=1S/C19H20N6O/c20-18-11-21-10-17(23-18)13-3-5-14(6-4-13)19(26)25-9-1-2-15(12-25)16-7-8-22-24-16/h3-8,10-11,15H,1-2,9,12H2,(H2,20,23)(H,22,24). The van der Waals surface area contributed by atoms with E-state index >= 15 is 0 Å². The monoisotopic (exact) mass is 348 g/mol. The van der Waals surface area contributed by atoms with Crippen LogP contribution in [-0.4, -0.2) is 44.1 Å². The predicted octanol–water partition coefficient (Wildman–Crippen LogP) is 2.47. The molecule has 1 saturated heterocycles. The fraction of sp³-hybridized carbons (Fsp3) is 0.263. The zero-order valence-corrected chi connectivity index (χ0v) is 14.3. The van der Waals surface area contributed by atoms with Crippen LogP contribution in [-0.2, 0) is 0 Å². The lowest BCUT2D eigenvalue weighted by molar-refractivity contribution is 0.0706. The summed E-state index contributed by atoms with van der Waals surface area (Å²) in [5.74, 6) is 0.747. The highest BCUT2D eigenvalue weighted by Gasteiger charge is 2.26. The number of hydrogen-bond acceptors (Lipinski definition) is 5. The van der Waals surface area contributed by atoms with Gasteiger partial charge in [0.15, 0.2) is 0 Å². The number of aromatic nitrogens is 4. The van der Waals surface area contributed by atoms with Crippen LogP contribution in [0.5, 0.6) is 0 Å². The lowest BCUT2D eigenvalue weighted by Crippen LogP contribution is -2.39. The molecule has 7 nitrogen and oxygen atoms in total. The van der Waals surface area contributed by atoms with Crippen molar-refractivity contribution in [3.63, 3.8) is 0 Å². The van der Waals surface area contributed by atoms with Crippen LogP contribution in [0.25, 0.3) is 11.3 Å².